The second-order valence-corrected chi connectivity index (χ2v) is 16.0. The summed E-state index contributed by atoms with van der Waals surface area (Å²) < 4.78 is 20.2. The van der Waals surface area contributed by atoms with Gasteiger partial charge in [0.2, 0.25) is 4.34 Å². The second kappa shape index (κ2) is 6.24. The Morgan fingerprint density at radius 1 is 1.39 bits per heavy atom. The van der Waals surface area contributed by atoms with E-state index in [1.807, 2.05) is 33.9 Å². The third-order valence-corrected chi connectivity index (χ3v) is 13.8. The van der Waals surface area contributed by atoms with Gasteiger partial charge in [-0.25, -0.2) is 18.4 Å². The van der Waals surface area contributed by atoms with Gasteiger partial charge < -0.3 is 10.8 Å². The first-order valence-corrected chi connectivity index (χ1v) is 12.5. The van der Waals surface area contributed by atoms with Crippen LogP contribution >= 0.6 is 11.3 Å². The number of carbonyl (C=O) groups is 1. The van der Waals surface area contributed by atoms with Gasteiger partial charge in [0.05, 0.1) is 10.5 Å². The lowest BCUT2D eigenvalue weighted by molar-refractivity contribution is 0.0823. The number of nitrogens with zero attached hydrogens (tertiary/aromatic N) is 2. The fourth-order valence-corrected chi connectivity index (χ4v) is 8.31. The van der Waals surface area contributed by atoms with Gasteiger partial charge in [-0.15, -0.1) is 15.7 Å². The zero-order chi connectivity index (χ0) is 18.3. The Bertz CT molecular complexity index is 708. The Kier molecular flexibility index (Phi) is 5.49. The highest BCUT2D eigenvalue weighted by Gasteiger charge is 2.40. The first-order valence-electron chi connectivity index (χ1n) is 7.13. The van der Waals surface area contributed by atoms with E-state index in [2.05, 4.69) is 13.7 Å². The molecule has 0 fully saturated rings. The van der Waals surface area contributed by atoms with Crippen molar-refractivity contribution in [1.29, 1.82) is 0 Å². The molecule has 0 radical (unpaired) electrons. The number of thiazole rings is 1. The number of aromatic nitrogens is 1. The number of carbonyl (C=O) groups excluding carboxylic acids is 1. The monoisotopic (exact) mass is 378 g/mol. The summed E-state index contributed by atoms with van der Waals surface area (Å²) in [7, 11) is -5.54. The SMILES string of the molecule is CC(C)(O)c1cnc(S(=O)(=NC(N)=O)N[Si](C)(C)C(C)(C)C)s1. The molecule has 1 rings (SSSR count). The molecule has 0 bridgehead atoms. The molecule has 132 valence electrons. The molecule has 1 aromatic rings. The molecule has 0 saturated heterocycles. The molecule has 1 atom stereocenters. The van der Waals surface area contributed by atoms with Crippen LogP contribution in [0.25, 0.3) is 0 Å². The van der Waals surface area contributed by atoms with E-state index in [9.17, 15) is 14.1 Å². The van der Waals surface area contributed by atoms with E-state index in [0.717, 1.165) is 11.3 Å². The van der Waals surface area contributed by atoms with Gasteiger partial charge in [0.15, 0.2) is 9.92 Å². The predicted octanol–water partition coefficient (Wildman–Crippen LogP) is 2.79. The summed E-state index contributed by atoms with van der Waals surface area (Å²) in [5.74, 6) is 0. The molecule has 1 aromatic heterocycles. The Labute approximate surface area is 143 Å². The van der Waals surface area contributed by atoms with Crippen molar-refractivity contribution < 1.29 is 14.1 Å². The Morgan fingerprint density at radius 2 is 1.91 bits per heavy atom. The Morgan fingerprint density at radius 3 is 2.26 bits per heavy atom. The minimum Gasteiger partial charge on any atom is -0.385 e. The van der Waals surface area contributed by atoms with Gasteiger partial charge >= 0.3 is 6.03 Å². The molecule has 0 aliphatic rings. The van der Waals surface area contributed by atoms with Crippen molar-refractivity contribution in [3.8, 4) is 0 Å². The lowest BCUT2D eigenvalue weighted by atomic mass is 10.1. The van der Waals surface area contributed by atoms with E-state index >= 15 is 0 Å². The van der Waals surface area contributed by atoms with E-state index in [1.165, 1.54) is 6.20 Å². The van der Waals surface area contributed by atoms with Crippen LogP contribution in [-0.2, 0) is 15.5 Å². The normalized spacial score (nSPS) is 16.0. The first-order chi connectivity index (χ1) is 10.1. The summed E-state index contributed by atoms with van der Waals surface area (Å²) in [5, 5.41) is 9.93. The maximum atomic E-state index is 13.3. The second-order valence-electron chi connectivity index (χ2n) is 7.48. The average Bonchev–Trinajstić information content (AvgIpc) is 2.73. The molecule has 7 nitrogen and oxygen atoms in total. The molecule has 10 heteroatoms. The first kappa shape index (κ1) is 20.2. The molecule has 0 aromatic carbocycles. The number of primary amides is 1. The Hall–Kier alpha value is -0.813. The fourth-order valence-electron chi connectivity index (χ4n) is 1.40. The van der Waals surface area contributed by atoms with Gasteiger partial charge in [0.25, 0.3) is 0 Å². The smallest absolute Gasteiger partial charge is 0.347 e. The van der Waals surface area contributed by atoms with E-state index in [0.29, 0.717) is 4.88 Å². The van der Waals surface area contributed by atoms with Crippen LogP contribution in [0.3, 0.4) is 0 Å². The summed E-state index contributed by atoms with van der Waals surface area (Å²) in [6.07, 6.45) is 1.45. The molecular weight excluding hydrogens is 352 g/mol. The van der Waals surface area contributed by atoms with Crippen LogP contribution in [-0.4, -0.2) is 28.6 Å². The van der Waals surface area contributed by atoms with Crippen LogP contribution in [0.5, 0.6) is 0 Å². The lowest BCUT2D eigenvalue weighted by Crippen LogP contribution is -2.54. The molecule has 0 saturated carbocycles. The van der Waals surface area contributed by atoms with Gasteiger partial charge in [-0.3, -0.25) is 0 Å². The minimum atomic E-state index is -3.29. The maximum absolute atomic E-state index is 13.3. The number of nitrogens with two attached hydrogens (primary N) is 1. The summed E-state index contributed by atoms with van der Waals surface area (Å²) in [5.41, 5.74) is 4.04. The van der Waals surface area contributed by atoms with Crippen molar-refractivity contribution in [2.45, 2.75) is 62.7 Å². The molecule has 0 aliphatic heterocycles. The van der Waals surface area contributed by atoms with Gasteiger partial charge in [-0.05, 0) is 18.9 Å². The number of aliphatic hydroxyl groups is 1. The zero-order valence-electron chi connectivity index (χ0n) is 14.6. The van der Waals surface area contributed by atoms with Crippen LogP contribution < -0.4 is 10.1 Å². The van der Waals surface area contributed by atoms with Crippen molar-refractivity contribution in [3.05, 3.63) is 11.1 Å². The van der Waals surface area contributed by atoms with Gasteiger partial charge in [0, 0.05) is 6.20 Å². The highest BCUT2D eigenvalue weighted by molar-refractivity contribution is 7.95. The molecule has 1 unspecified atom stereocenters. The van der Waals surface area contributed by atoms with Crippen molar-refractivity contribution in [1.82, 2.24) is 9.37 Å². The van der Waals surface area contributed by atoms with Crippen LogP contribution in [0.15, 0.2) is 14.9 Å². The van der Waals surface area contributed by atoms with Gasteiger partial charge in [-0.1, -0.05) is 33.9 Å². The maximum Gasteiger partial charge on any atom is 0.347 e. The molecule has 1 heterocycles. The van der Waals surface area contributed by atoms with E-state index in [-0.39, 0.29) is 9.38 Å². The van der Waals surface area contributed by atoms with E-state index in [4.69, 9.17) is 5.73 Å². The third-order valence-electron chi connectivity index (χ3n) is 3.81. The highest BCUT2D eigenvalue weighted by atomic mass is 32.2. The van der Waals surface area contributed by atoms with Crippen molar-refractivity contribution in [3.63, 3.8) is 0 Å². The number of nitrogens with one attached hydrogen (secondary N) is 1. The highest BCUT2D eigenvalue weighted by Crippen LogP contribution is 2.36. The van der Waals surface area contributed by atoms with E-state index < -0.39 is 29.8 Å². The van der Waals surface area contributed by atoms with Crippen LogP contribution in [0.1, 0.15) is 39.5 Å². The molecule has 0 spiro atoms. The largest absolute Gasteiger partial charge is 0.385 e. The van der Waals surface area contributed by atoms with Crippen molar-refractivity contribution >= 4 is 35.5 Å². The van der Waals surface area contributed by atoms with Gasteiger partial charge in [0.1, 0.15) is 8.24 Å². The number of urea groups is 1. The molecule has 2 amide bonds. The van der Waals surface area contributed by atoms with Crippen LogP contribution in [0.4, 0.5) is 4.79 Å². The zero-order valence-corrected chi connectivity index (χ0v) is 17.3. The quantitative estimate of drug-likeness (QED) is 0.698. The number of hydrogen-bond donors (Lipinski definition) is 3. The predicted molar refractivity (Wildman–Crippen MR) is 96.1 cm³/mol. The summed E-state index contributed by atoms with van der Waals surface area (Å²) in [6.45, 7) is 13.4. The van der Waals surface area contributed by atoms with Crippen molar-refractivity contribution in [2.75, 3.05) is 0 Å². The molecule has 4 N–H and O–H groups in total. The lowest BCUT2D eigenvalue weighted by Gasteiger charge is -2.37. The molecular formula is C13H26N4O3S2Si. The fraction of sp³-hybridized carbons (Fsp3) is 0.692. The van der Waals surface area contributed by atoms with E-state index in [1.54, 1.807) is 13.8 Å². The van der Waals surface area contributed by atoms with Crippen LogP contribution in [0.2, 0.25) is 18.1 Å². The molecule has 0 aliphatic carbocycles. The third kappa shape index (κ3) is 4.83. The standard InChI is InChI=1S/C13H26N4O3S2Si/c1-12(2,3)23(6,7)17-22(20,16-10(14)18)11-15-8-9(21-11)13(4,5)19/h8,19H,1-7H3,(H3,14,16,17,18,20). The summed E-state index contributed by atoms with van der Waals surface area (Å²) in [4.78, 5) is 16.0. The number of hydrogen-bond acceptors (Lipinski definition) is 5. The summed E-state index contributed by atoms with van der Waals surface area (Å²) in [6, 6.07) is -1.01. The van der Waals surface area contributed by atoms with Gasteiger partial charge in [-0.2, -0.15) is 0 Å². The topological polar surface area (TPSA) is 118 Å². The molecule has 23 heavy (non-hydrogen) atoms. The Balaban J connectivity index is 3.45. The summed E-state index contributed by atoms with van der Waals surface area (Å²) >= 11 is 1.06. The minimum absolute atomic E-state index is 0.126. The van der Waals surface area contributed by atoms with Crippen molar-refractivity contribution in [2.24, 2.45) is 10.1 Å². The number of rotatable bonds is 4. The average molecular weight is 379 g/mol. The number of amides is 2. The van der Waals surface area contributed by atoms with Crippen LogP contribution in [0, 0.1) is 0 Å².